The lowest BCUT2D eigenvalue weighted by Gasteiger charge is -2.23. The molecule has 1 unspecified atom stereocenters. The Bertz CT molecular complexity index is 738. The van der Waals surface area contributed by atoms with Gasteiger partial charge in [0.1, 0.15) is 5.75 Å². The van der Waals surface area contributed by atoms with Crippen LogP contribution in [0.4, 0.5) is 4.39 Å². The second-order valence-electron chi connectivity index (χ2n) is 7.72. The minimum absolute atomic E-state index is 0.125. The molecule has 2 heterocycles. The Morgan fingerprint density at radius 3 is 2.58 bits per heavy atom. The van der Waals surface area contributed by atoms with Crippen molar-refractivity contribution in [3.63, 3.8) is 0 Å². The zero-order valence-electron chi connectivity index (χ0n) is 15.0. The zero-order chi connectivity index (χ0) is 18.1. The topological polar surface area (TPSA) is 45.6 Å². The fraction of sp³-hybridized carbons (Fsp3) is 0.476. The summed E-state index contributed by atoms with van der Waals surface area (Å²) in [6.45, 7) is 5.30. The van der Waals surface area contributed by atoms with Gasteiger partial charge < -0.3 is 14.7 Å². The van der Waals surface area contributed by atoms with Crippen molar-refractivity contribution in [3.05, 3.63) is 54.1 Å². The molecular formula is C21H25FN2O2. The van der Waals surface area contributed by atoms with Gasteiger partial charge in [0.05, 0.1) is 12.3 Å². The number of halogens is 1. The normalized spacial score (nSPS) is 26.6. The van der Waals surface area contributed by atoms with Crippen molar-refractivity contribution in [2.75, 3.05) is 19.6 Å². The number of hydrogen-bond acceptors (Lipinski definition) is 4. The summed E-state index contributed by atoms with van der Waals surface area (Å²) in [4.78, 5) is 6.84. The Hall–Kier alpha value is -2.14. The molecule has 1 saturated carbocycles. The smallest absolute Gasteiger partial charge is 0.165 e. The number of para-hydroxylation sites is 1. The van der Waals surface area contributed by atoms with Crippen LogP contribution in [-0.4, -0.2) is 40.7 Å². The number of benzene rings is 1. The van der Waals surface area contributed by atoms with Crippen LogP contribution in [0.15, 0.2) is 42.6 Å². The van der Waals surface area contributed by atoms with Gasteiger partial charge in [-0.3, -0.25) is 4.98 Å². The van der Waals surface area contributed by atoms with E-state index in [0.717, 1.165) is 38.2 Å². The highest BCUT2D eigenvalue weighted by molar-refractivity contribution is 5.24. The van der Waals surface area contributed by atoms with Crippen LogP contribution < -0.4 is 4.74 Å². The van der Waals surface area contributed by atoms with Gasteiger partial charge in [-0.15, -0.1) is 0 Å². The number of likely N-dealkylation sites (tertiary alicyclic amines) is 1. The molecule has 26 heavy (non-hydrogen) atoms. The van der Waals surface area contributed by atoms with Gasteiger partial charge in [0.15, 0.2) is 11.6 Å². The van der Waals surface area contributed by atoms with E-state index in [1.807, 2.05) is 12.1 Å². The van der Waals surface area contributed by atoms with Gasteiger partial charge in [-0.1, -0.05) is 19.1 Å². The second-order valence-corrected chi connectivity index (χ2v) is 7.72. The second kappa shape index (κ2) is 7.23. The molecule has 1 saturated heterocycles. The molecule has 2 fully saturated rings. The molecule has 1 N–H and O–H groups in total. The van der Waals surface area contributed by atoms with Crippen LogP contribution in [0.25, 0.3) is 0 Å². The Morgan fingerprint density at radius 2 is 1.92 bits per heavy atom. The highest BCUT2D eigenvalue weighted by atomic mass is 19.1. The molecule has 1 aromatic carbocycles. The molecular weight excluding hydrogens is 331 g/mol. The first-order valence-electron chi connectivity index (χ1n) is 9.37. The molecule has 138 valence electrons. The first-order chi connectivity index (χ1) is 12.6. The maximum atomic E-state index is 13.8. The van der Waals surface area contributed by atoms with Gasteiger partial charge in [-0.05, 0) is 48.9 Å². The van der Waals surface area contributed by atoms with Crippen molar-refractivity contribution in [2.24, 2.45) is 11.8 Å². The van der Waals surface area contributed by atoms with E-state index >= 15 is 0 Å². The van der Waals surface area contributed by atoms with E-state index in [2.05, 4.69) is 16.8 Å². The molecule has 0 bridgehead atoms. The van der Waals surface area contributed by atoms with Crippen LogP contribution in [0.5, 0.6) is 11.5 Å². The molecule has 1 aromatic heterocycles. The van der Waals surface area contributed by atoms with Crippen molar-refractivity contribution in [3.8, 4) is 11.5 Å². The van der Waals surface area contributed by atoms with E-state index in [0.29, 0.717) is 23.5 Å². The number of aromatic hydroxyl groups is 1. The highest BCUT2D eigenvalue weighted by Crippen LogP contribution is 2.40. The number of hydrogen-bond donors (Lipinski definition) is 1. The van der Waals surface area contributed by atoms with E-state index in [-0.39, 0.29) is 17.7 Å². The van der Waals surface area contributed by atoms with Crippen molar-refractivity contribution in [2.45, 2.75) is 31.8 Å². The molecule has 1 aliphatic heterocycles. The van der Waals surface area contributed by atoms with Crippen molar-refractivity contribution >= 4 is 0 Å². The summed E-state index contributed by atoms with van der Waals surface area (Å²) < 4.78 is 19.7. The average Bonchev–Trinajstić information content (AvgIpc) is 3.15. The van der Waals surface area contributed by atoms with Crippen LogP contribution in [0.3, 0.4) is 0 Å². The summed E-state index contributed by atoms with van der Waals surface area (Å²) in [5.41, 5.74) is 1.01. The van der Waals surface area contributed by atoms with E-state index in [4.69, 9.17) is 4.74 Å². The Balaban J connectivity index is 1.29. The van der Waals surface area contributed by atoms with Crippen LogP contribution in [0, 0.1) is 17.7 Å². The lowest BCUT2D eigenvalue weighted by Crippen LogP contribution is -2.28. The summed E-state index contributed by atoms with van der Waals surface area (Å²) in [7, 11) is 0. The van der Waals surface area contributed by atoms with E-state index < -0.39 is 0 Å². The molecule has 0 spiro atoms. The van der Waals surface area contributed by atoms with Gasteiger partial charge in [-0.2, -0.15) is 0 Å². The Kier molecular flexibility index (Phi) is 4.81. The quantitative estimate of drug-likeness (QED) is 0.885. The minimum atomic E-state index is -0.276. The van der Waals surface area contributed by atoms with E-state index in [9.17, 15) is 9.50 Å². The molecule has 2 aliphatic rings. The highest BCUT2D eigenvalue weighted by Gasteiger charge is 2.42. The van der Waals surface area contributed by atoms with Gasteiger partial charge in [0.2, 0.25) is 0 Å². The third-order valence-electron chi connectivity index (χ3n) is 5.72. The van der Waals surface area contributed by atoms with Crippen LogP contribution in [0.1, 0.15) is 31.4 Å². The lowest BCUT2D eigenvalue weighted by molar-refractivity contribution is 0.177. The molecule has 2 aromatic rings. The predicted molar refractivity (Wildman–Crippen MR) is 97.8 cm³/mol. The number of fused-ring (bicyclic) bond motifs is 1. The molecule has 4 atom stereocenters. The average molecular weight is 356 g/mol. The summed E-state index contributed by atoms with van der Waals surface area (Å²) in [5.74, 6) is 1.90. The van der Waals surface area contributed by atoms with Crippen LogP contribution in [0.2, 0.25) is 0 Å². The van der Waals surface area contributed by atoms with Crippen molar-refractivity contribution < 1.29 is 14.2 Å². The van der Waals surface area contributed by atoms with Crippen molar-refractivity contribution in [1.29, 1.82) is 0 Å². The fourth-order valence-corrected chi connectivity index (χ4v) is 4.48. The van der Waals surface area contributed by atoms with Gasteiger partial charge >= 0.3 is 0 Å². The largest absolute Gasteiger partial charge is 0.506 e. The van der Waals surface area contributed by atoms with E-state index in [1.54, 1.807) is 18.2 Å². The lowest BCUT2D eigenvalue weighted by atomic mass is 10.0. The fourth-order valence-electron chi connectivity index (χ4n) is 4.48. The van der Waals surface area contributed by atoms with Gasteiger partial charge in [-0.25, -0.2) is 4.39 Å². The third-order valence-corrected chi connectivity index (χ3v) is 5.72. The van der Waals surface area contributed by atoms with Crippen molar-refractivity contribution in [1.82, 2.24) is 9.88 Å². The molecule has 4 nitrogen and oxygen atoms in total. The van der Waals surface area contributed by atoms with Gasteiger partial charge in [0.25, 0.3) is 0 Å². The monoisotopic (exact) mass is 356 g/mol. The number of nitrogens with zero attached hydrogens (tertiary/aromatic N) is 2. The zero-order valence-corrected chi connectivity index (χ0v) is 15.0. The number of ether oxygens (including phenoxy) is 1. The predicted octanol–water partition coefficient (Wildman–Crippen LogP) is 3.82. The molecule has 5 heteroatoms. The summed E-state index contributed by atoms with van der Waals surface area (Å²) in [6.07, 6.45) is 3.64. The number of aromatic nitrogens is 1. The molecule has 0 amide bonds. The SMILES string of the molecule is CC(CN1C[C@H]2C[C@H](Oc3ccccc3F)C[C@H]2C1)c1ccc(O)cn1. The first-order valence-corrected chi connectivity index (χ1v) is 9.37. The summed E-state index contributed by atoms with van der Waals surface area (Å²) in [6, 6.07) is 10.3. The minimum Gasteiger partial charge on any atom is -0.506 e. The Labute approximate surface area is 153 Å². The molecule has 4 rings (SSSR count). The van der Waals surface area contributed by atoms with Crippen LogP contribution >= 0.6 is 0 Å². The number of pyridine rings is 1. The summed E-state index contributed by atoms with van der Waals surface area (Å²) in [5, 5.41) is 9.37. The summed E-state index contributed by atoms with van der Waals surface area (Å²) >= 11 is 0. The number of rotatable bonds is 5. The Morgan fingerprint density at radius 1 is 1.19 bits per heavy atom. The molecule has 0 radical (unpaired) electrons. The van der Waals surface area contributed by atoms with Crippen LogP contribution in [-0.2, 0) is 0 Å². The third kappa shape index (κ3) is 3.68. The van der Waals surface area contributed by atoms with Gasteiger partial charge in [0, 0.05) is 31.2 Å². The van der Waals surface area contributed by atoms with E-state index in [1.165, 1.54) is 12.3 Å². The first kappa shape index (κ1) is 17.3. The molecule has 1 aliphatic carbocycles. The maximum Gasteiger partial charge on any atom is 0.165 e. The maximum absolute atomic E-state index is 13.8. The standard InChI is InChI=1S/C21H25FN2O2/c1-14(20-7-6-17(25)10-23-20)11-24-12-15-8-18(9-16(15)13-24)26-21-5-3-2-4-19(21)22/h2-7,10,14-16,18,25H,8-9,11-13H2,1H3/t14?,15-,16+,18+.